The van der Waals surface area contributed by atoms with E-state index in [4.69, 9.17) is 5.73 Å². The van der Waals surface area contributed by atoms with Crippen molar-refractivity contribution in [3.8, 4) is 0 Å². The third-order valence-electron chi connectivity index (χ3n) is 3.19. The van der Waals surface area contributed by atoms with Gasteiger partial charge in [0.25, 0.3) is 0 Å². The van der Waals surface area contributed by atoms with Crippen LogP contribution in [0, 0.1) is 0 Å². The van der Waals surface area contributed by atoms with Gasteiger partial charge in [-0.1, -0.05) is 0 Å². The fraction of sp³-hybridized carbons (Fsp3) is 0.583. The molecule has 2 N–H and O–H groups in total. The summed E-state index contributed by atoms with van der Waals surface area (Å²) in [5.41, 5.74) is 6.56. The van der Waals surface area contributed by atoms with Crippen LogP contribution in [0.2, 0.25) is 0 Å². The average molecular weight is 249 g/mol. The maximum absolute atomic E-state index is 12.0. The summed E-state index contributed by atoms with van der Waals surface area (Å²) < 4.78 is 0. The molecule has 0 unspecified atom stereocenters. The molecule has 1 aliphatic heterocycles. The van der Waals surface area contributed by atoms with Crippen LogP contribution in [0.4, 0.5) is 5.82 Å². The molecule has 1 saturated heterocycles. The molecule has 1 aliphatic rings. The molecule has 0 bridgehead atoms. The van der Waals surface area contributed by atoms with Crippen molar-refractivity contribution in [3.05, 3.63) is 17.8 Å². The largest absolute Gasteiger partial charge is 0.349 e. The maximum atomic E-state index is 12.0. The number of likely N-dealkylation sites (tertiary alicyclic amines) is 1. The molecule has 0 aromatic carbocycles. The molecule has 6 nitrogen and oxygen atoms in total. The first-order valence-corrected chi connectivity index (χ1v) is 6.22. The molecular weight excluding hydrogens is 230 g/mol. The first kappa shape index (κ1) is 12.8. The van der Waals surface area contributed by atoms with E-state index in [9.17, 15) is 4.79 Å². The zero-order valence-corrected chi connectivity index (χ0v) is 10.7. The van der Waals surface area contributed by atoms with Crippen LogP contribution >= 0.6 is 0 Å². The number of carbonyl (C=O) groups is 1. The number of likely N-dealkylation sites (N-methyl/N-ethyl adjacent to an activating group) is 1. The third-order valence-corrected chi connectivity index (χ3v) is 3.19. The number of hydrogen-bond acceptors (Lipinski definition) is 5. The van der Waals surface area contributed by atoms with Crippen molar-refractivity contribution in [1.29, 1.82) is 0 Å². The summed E-state index contributed by atoms with van der Waals surface area (Å²) in [6, 6.07) is 1.83. The molecule has 2 rings (SSSR count). The minimum absolute atomic E-state index is 0.142. The van der Waals surface area contributed by atoms with Crippen LogP contribution in [0.5, 0.6) is 0 Å². The lowest BCUT2D eigenvalue weighted by atomic mass is 10.2. The summed E-state index contributed by atoms with van der Waals surface area (Å²) in [4.78, 5) is 15.7. The van der Waals surface area contributed by atoms with Crippen LogP contribution in [0.25, 0.3) is 0 Å². The third kappa shape index (κ3) is 2.76. The van der Waals surface area contributed by atoms with Gasteiger partial charge in [-0.05, 0) is 18.9 Å². The lowest BCUT2D eigenvalue weighted by Crippen LogP contribution is -2.38. The molecule has 6 heteroatoms. The lowest BCUT2D eigenvalue weighted by molar-refractivity contribution is -0.128. The van der Waals surface area contributed by atoms with Crippen LogP contribution in [0.15, 0.2) is 12.3 Å². The smallest absolute Gasteiger partial charge is 0.242 e. The van der Waals surface area contributed by atoms with Crippen LogP contribution < -0.4 is 10.6 Å². The summed E-state index contributed by atoms with van der Waals surface area (Å²) in [6.45, 7) is 2.46. The Morgan fingerprint density at radius 3 is 2.89 bits per heavy atom. The lowest BCUT2D eigenvalue weighted by Gasteiger charge is -2.22. The predicted molar refractivity (Wildman–Crippen MR) is 69.0 cm³/mol. The number of hydrogen-bond donors (Lipinski definition) is 1. The highest BCUT2D eigenvalue weighted by Gasteiger charge is 2.20. The normalized spacial score (nSPS) is 14.9. The topological polar surface area (TPSA) is 75.4 Å². The molecule has 1 amide bonds. The molecule has 0 aliphatic carbocycles. The zero-order valence-electron chi connectivity index (χ0n) is 10.7. The Morgan fingerprint density at radius 2 is 2.22 bits per heavy atom. The molecule has 2 heterocycles. The number of carbonyl (C=O) groups excluding carboxylic acids is 1. The average Bonchev–Trinajstić information content (AvgIpc) is 2.92. The maximum Gasteiger partial charge on any atom is 0.242 e. The van der Waals surface area contributed by atoms with Gasteiger partial charge in [-0.2, -0.15) is 5.10 Å². The Morgan fingerprint density at radius 1 is 1.50 bits per heavy atom. The quantitative estimate of drug-likeness (QED) is 0.812. The SMILES string of the molecule is CN(CC(=O)N1CCCC1)c1nnccc1CN. The second-order valence-corrected chi connectivity index (χ2v) is 4.53. The number of anilines is 1. The van der Waals surface area contributed by atoms with Crippen LogP contribution in [0.1, 0.15) is 18.4 Å². The molecule has 0 atom stereocenters. The highest BCUT2D eigenvalue weighted by molar-refractivity contribution is 5.81. The van der Waals surface area contributed by atoms with Crippen molar-refractivity contribution in [1.82, 2.24) is 15.1 Å². The highest BCUT2D eigenvalue weighted by atomic mass is 16.2. The van der Waals surface area contributed by atoms with E-state index >= 15 is 0 Å². The van der Waals surface area contributed by atoms with Crippen molar-refractivity contribution in [2.45, 2.75) is 19.4 Å². The van der Waals surface area contributed by atoms with Gasteiger partial charge in [-0.3, -0.25) is 4.79 Å². The Labute approximate surface area is 107 Å². The van der Waals surface area contributed by atoms with Gasteiger partial charge >= 0.3 is 0 Å². The number of amides is 1. The number of rotatable bonds is 4. The Balaban J connectivity index is 2.02. The molecule has 0 radical (unpaired) electrons. The molecule has 0 spiro atoms. The Hall–Kier alpha value is -1.69. The van der Waals surface area contributed by atoms with E-state index in [1.807, 2.05) is 22.9 Å². The van der Waals surface area contributed by atoms with E-state index in [2.05, 4.69) is 10.2 Å². The van der Waals surface area contributed by atoms with Gasteiger partial charge in [0.05, 0.1) is 12.7 Å². The highest BCUT2D eigenvalue weighted by Crippen LogP contribution is 2.15. The Bertz CT molecular complexity index is 417. The number of nitrogens with two attached hydrogens (primary N) is 1. The first-order valence-electron chi connectivity index (χ1n) is 6.22. The minimum Gasteiger partial charge on any atom is -0.349 e. The van der Waals surface area contributed by atoms with Crippen LogP contribution in [0.3, 0.4) is 0 Å². The van der Waals surface area contributed by atoms with Crippen molar-refractivity contribution >= 4 is 11.7 Å². The summed E-state index contributed by atoms with van der Waals surface area (Å²) >= 11 is 0. The molecule has 98 valence electrons. The van der Waals surface area contributed by atoms with Crippen molar-refractivity contribution in [2.24, 2.45) is 5.73 Å². The van der Waals surface area contributed by atoms with Crippen LogP contribution in [-0.2, 0) is 11.3 Å². The van der Waals surface area contributed by atoms with Crippen molar-refractivity contribution in [3.63, 3.8) is 0 Å². The molecule has 1 aromatic heterocycles. The molecule has 18 heavy (non-hydrogen) atoms. The van der Waals surface area contributed by atoms with Gasteiger partial charge in [0.15, 0.2) is 5.82 Å². The monoisotopic (exact) mass is 249 g/mol. The number of aromatic nitrogens is 2. The minimum atomic E-state index is 0.142. The van der Waals surface area contributed by atoms with E-state index < -0.39 is 0 Å². The van der Waals surface area contributed by atoms with Gasteiger partial charge in [0.2, 0.25) is 5.91 Å². The molecular formula is C12H19N5O. The summed E-state index contributed by atoms with van der Waals surface area (Å²) in [5.74, 6) is 0.830. The zero-order chi connectivity index (χ0) is 13.0. The van der Waals surface area contributed by atoms with Gasteiger partial charge < -0.3 is 15.5 Å². The van der Waals surface area contributed by atoms with E-state index in [1.54, 1.807) is 6.20 Å². The predicted octanol–water partition coefficient (Wildman–Crippen LogP) is -0.00610. The fourth-order valence-electron chi connectivity index (χ4n) is 2.18. The van der Waals surface area contributed by atoms with E-state index in [1.165, 1.54) is 0 Å². The second-order valence-electron chi connectivity index (χ2n) is 4.53. The molecule has 1 fully saturated rings. The number of nitrogens with zero attached hydrogens (tertiary/aromatic N) is 4. The standard InChI is InChI=1S/C12H19N5O/c1-16(9-11(18)17-6-2-3-7-17)12-10(8-13)4-5-14-15-12/h4-5H,2-3,6-9,13H2,1H3. The van der Waals surface area contributed by atoms with Gasteiger partial charge in [-0.25, -0.2) is 0 Å². The fourth-order valence-corrected chi connectivity index (χ4v) is 2.18. The van der Waals surface area contributed by atoms with Gasteiger partial charge in [0.1, 0.15) is 0 Å². The van der Waals surface area contributed by atoms with Crippen molar-refractivity contribution in [2.75, 3.05) is 31.6 Å². The second kappa shape index (κ2) is 5.77. The molecule has 1 aromatic rings. The first-order chi connectivity index (χ1) is 8.72. The van der Waals surface area contributed by atoms with E-state index in [-0.39, 0.29) is 5.91 Å². The van der Waals surface area contributed by atoms with E-state index in [0.29, 0.717) is 18.9 Å². The summed E-state index contributed by atoms with van der Waals surface area (Å²) in [6.07, 6.45) is 3.82. The van der Waals surface area contributed by atoms with Crippen LogP contribution in [-0.4, -0.2) is 47.7 Å². The van der Waals surface area contributed by atoms with Gasteiger partial charge in [-0.15, -0.1) is 5.10 Å². The Kier molecular flexibility index (Phi) is 4.09. The molecule has 0 saturated carbocycles. The summed E-state index contributed by atoms with van der Waals surface area (Å²) in [7, 11) is 1.84. The summed E-state index contributed by atoms with van der Waals surface area (Å²) in [5, 5.41) is 7.90. The van der Waals surface area contributed by atoms with E-state index in [0.717, 1.165) is 31.5 Å². The van der Waals surface area contributed by atoms with Crippen molar-refractivity contribution < 1.29 is 4.79 Å². The van der Waals surface area contributed by atoms with Gasteiger partial charge in [0, 0.05) is 32.2 Å².